The lowest BCUT2D eigenvalue weighted by Gasteiger charge is -2.43. The molecule has 2 fully saturated rings. The molecule has 0 unspecified atom stereocenters. The largest absolute Gasteiger partial charge is 0.361 e. The number of piperazine rings is 1. The molecule has 2 aliphatic rings. The number of rotatable bonds is 2. The standard InChI is InChI=1S/C14H20N4O3/c1-10-8-11(21-17-10)9-12(19)18-6-2-14(3-7-18)13(20)15-4-5-16-14/h8,16H,2-7,9H2,1H3,(H,15,20). The van der Waals surface area contributed by atoms with Gasteiger partial charge in [0.05, 0.1) is 12.1 Å². The van der Waals surface area contributed by atoms with Crippen LogP contribution in [0.1, 0.15) is 24.3 Å². The molecular formula is C14H20N4O3. The zero-order valence-corrected chi connectivity index (χ0v) is 12.1. The van der Waals surface area contributed by atoms with Crippen molar-refractivity contribution in [2.75, 3.05) is 26.2 Å². The monoisotopic (exact) mass is 292 g/mol. The van der Waals surface area contributed by atoms with E-state index in [-0.39, 0.29) is 18.2 Å². The lowest BCUT2D eigenvalue weighted by molar-refractivity contribution is -0.138. The van der Waals surface area contributed by atoms with Crippen LogP contribution in [0.4, 0.5) is 0 Å². The van der Waals surface area contributed by atoms with E-state index < -0.39 is 5.54 Å². The fourth-order valence-electron chi connectivity index (χ4n) is 3.03. The predicted octanol–water partition coefficient (Wildman–Crippen LogP) is -0.394. The molecule has 2 saturated heterocycles. The van der Waals surface area contributed by atoms with Crippen molar-refractivity contribution in [3.05, 3.63) is 17.5 Å². The summed E-state index contributed by atoms with van der Waals surface area (Å²) in [5, 5.41) is 10.0. The molecule has 21 heavy (non-hydrogen) atoms. The van der Waals surface area contributed by atoms with Crippen LogP contribution >= 0.6 is 0 Å². The molecule has 0 aliphatic carbocycles. The Labute approximate surface area is 123 Å². The van der Waals surface area contributed by atoms with E-state index >= 15 is 0 Å². The van der Waals surface area contributed by atoms with Crippen LogP contribution in [0, 0.1) is 6.92 Å². The van der Waals surface area contributed by atoms with E-state index in [1.165, 1.54) is 0 Å². The highest BCUT2D eigenvalue weighted by Gasteiger charge is 2.43. The number of aromatic nitrogens is 1. The van der Waals surface area contributed by atoms with Gasteiger partial charge in [-0.15, -0.1) is 0 Å². The van der Waals surface area contributed by atoms with E-state index in [1.807, 2.05) is 6.92 Å². The van der Waals surface area contributed by atoms with Crippen molar-refractivity contribution < 1.29 is 14.1 Å². The van der Waals surface area contributed by atoms with Gasteiger partial charge in [0.1, 0.15) is 11.3 Å². The minimum absolute atomic E-state index is 0.0252. The number of carbonyl (C=O) groups excluding carboxylic acids is 2. The third-order valence-electron chi connectivity index (χ3n) is 4.28. The van der Waals surface area contributed by atoms with Crippen LogP contribution in [0.15, 0.2) is 10.6 Å². The average molecular weight is 292 g/mol. The van der Waals surface area contributed by atoms with Crippen LogP contribution in [0.5, 0.6) is 0 Å². The third kappa shape index (κ3) is 2.78. The first kappa shape index (κ1) is 14.1. The van der Waals surface area contributed by atoms with Crippen LogP contribution in [-0.4, -0.2) is 53.6 Å². The number of nitrogens with zero attached hydrogens (tertiary/aromatic N) is 2. The molecule has 1 aromatic heterocycles. The molecule has 0 saturated carbocycles. The van der Waals surface area contributed by atoms with Crippen molar-refractivity contribution in [1.82, 2.24) is 20.7 Å². The lowest BCUT2D eigenvalue weighted by atomic mass is 9.85. The van der Waals surface area contributed by atoms with Crippen LogP contribution < -0.4 is 10.6 Å². The third-order valence-corrected chi connectivity index (χ3v) is 4.28. The van der Waals surface area contributed by atoms with Gasteiger partial charge < -0.3 is 20.1 Å². The zero-order chi connectivity index (χ0) is 14.9. The Balaban J connectivity index is 1.57. The number of nitrogens with one attached hydrogen (secondary N) is 2. The van der Waals surface area contributed by atoms with Gasteiger partial charge in [0.15, 0.2) is 0 Å². The summed E-state index contributed by atoms with van der Waals surface area (Å²) in [5.74, 6) is 0.676. The molecule has 1 aromatic rings. The van der Waals surface area contributed by atoms with E-state index in [1.54, 1.807) is 11.0 Å². The van der Waals surface area contributed by atoms with Gasteiger partial charge in [0.25, 0.3) is 0 Å². The quantitative estimate of drug-likeness (QED) is 0.775. The van der Waals surface area contributed by atoms with Gasteiger partial charge in [-0.1, -0.05) is 5.16 Å². The summed E-state index contributed by atoms with van der Waals surface area (Å²) in [7, 11) is 0. The fraction of sp³-hybridized carbons (Fsp3) is 0.643. The predicted molar refractivity (Wildman–Crippen MR) is 74.5 cm³/mol. The molecular weight excluding hydrogens is 272 g/mol. The van der Waals surface area contributed by atoms with Gasteiger partial charge in [-0.05, 0) is 19.8 Å². The van der Waals surface area contributed by atoms with Gasteiger partial charge in [-0.25, -0.2) is 0 Å². The first-order valence-corrected chi connectivity index (χ1v) is 7.32. The maximum absolute atomic E-state index is 12.2. The maximum Gasteiger partial charge on any atom is 0.240 e. The summed E-state index contributed by atoms with van der Waals surface area (Å²) in [4.78, 5) is 26.1. The molecule has 7 nitrogen and oxygen atoms in total. The number of piperidine rings is 1. The van der Waals surface area contributed by atoms with Crippen LogP contribution in [0.3, 0.4) is 0 Å². The first-order chi connectivity index (χ1) is 10.1. The van der Waals surface area contributed by atoms with E-state index in [4.69, 9.17) is 4.52 Å². The van der Waals surface area contributed by atoms with Gasteiger partial charge in [0.2, 0.25) is 11.8 Å². The van der Waals surface area contributed by atoms with E-state index in [0.717, 1.165) is 12.2 Å². The maximum atomic E-state index is 12.2. The summed E-state index contributed by atoms with van der Waals surface area (Å²) in [6.07, 6.45) is 1.54. The molecule has 0 atom stereocenters. The van der Waals surface area contributed by atoms with Crippen molar-refractivity contribution >= 4 is 11.8 Å². The molecule has 7 heteroatoms. The van der Waals surface area contributed by atoms with E-state index in [9.17, 15) is 9.59 Å². The summed E-state index contributed by atoms with van der Waals surface area (Å²) in [6, 6.07) is 1.78. The number of amides is 2. The Hall–Kier alpha value is -1.89. The van der Waals surface area contributed by atoms with Gasteiger partial charge in [-0.2, -0.15) is 0 Å². The van der Waals surface area contributed by atoms with Crippen LogP contribution in [0.2, 0.25) is 0 Å². The highest BCUT2D eigenvalue weighted by molar-refractivity contribution is 5.87. The second kappa shape index (κ2) is 5.48. The summed E-state index contributed by atoms with van der Waals surface area (Å²) in [5.41, 5.74) is 0.288. The van der Waals surface area contributed by atoms with Crippen molar-refractivity contribution in [3.8, 4) is 0 Å². The van der Waals surface area contributed by atoms with E-state index in [2.05, 4.69) is 15.8 Å². The highest BCUT2D eigenvalue weighted by Crippen LogP contribution is 2.24. The molecule has 3 heterocycles. The lowest BCUT2D eigenvalue weighted by Crippen LogP contribution is -2.67. The van der Waals surface area contributed by atoms with Crippen LogP contribution in [0.25, 0.3) is 0 Å². The Morgan fingerprint density at radius 2 is 2.19 bits per heavy atom. The summed E-state index contributed by atoms with van der Waals surface area (Å²) >= 11 is 0. The minimum atomic E-state index is -0.488. The van der Waals surface area contributed by atoms with E-state index in [0.29, 0.717) is 38.2 Å². The Bertz CT molecular complexity index is 546. The summed E-state index contributed by atoms with van der Waals surface area (Å²) < 4.78 is 5.08. The Kier molecular flexibility index (Phi) is 3.67. The number of hydrogen-bond donors (Lipinski definition) is 2. The number of hydrogen-bond acceptors (Lipinski definition) is 5. The molecule has 2 N–H and O–H groups in total. The molecule has 0 bridgehead atoms. The normalized spacial score (nSPS) is 21.4. The van der Waals surface area contributed by atoms with Crippen LogP contribution in [-0.2, 0) is 16.0 Å². The zero-order valence-electron chi connectivity index (χ0n) is 12.1. The Morgan fingerprint density at radius 1 is 1.43 bits per heavy atom. The minimum Gasteiger partial charge on any atom is -0.361 e. The Morgan fingerprint density at radius 3 is 2.81 bits per heavy atom. The molecule has 2 aliphatic heterocycles. The topological polar surface area (TPSA) is 87.5 Å². The smallest absolute Gasteiger partial charge is 0.240 e. The van der Waals surface area contributed by atoms with Gasteiger partial charge >= 0.3 is 0 Å². The second-order valence-corrected chi connectivity index (χ2v) is 5.76. The van der Waals surface area contributed by atoms with Gasteiger partial charge in [-0.3, -0.25) is 9.59 Å². The molecule has 1 spiro atoms. The van der Waals surface area contributed by atoms with Crippen molar-refractivity contribution in [2.24, 2.45) is 0 Å². The first-order valence-electron chi connectivity index (χ1n) is 7.32. The highest BCUT2D eigenvalue weighted by atomic mass is 16.5. The molecule has 0 radical (unpaired) electrons. The SMILES string of the molecule is Cc1cc(CC(=O)N2CCC3(CC2)NCCNC3=O)on1. The second-order valence-electron chi connectivity index (χ2n) is 5.76. The van der Waals surface area contributed by atoms with Crippen molar-refractivity contribution in [3.63, 3.8) is 0 Å². The molecule has 2 amide bonds. The van der Waals surface area contributed by atoms with Crippen molar-refractivity contribution in [2.45, 2.75) is 31.7 Å². The molecule has 0 aromatic carbocycles. The summed E-state index contributed by atoms with van der Waals surface area (Å²) in [6.45, 7) is 4.47. The number of aryl methyl sites for hydroxylation is 1. The van der Waals surface area contributed by atoms with Gasteiger partial charge in [0, 0.05) is 32.2 Å². The number of carbonyl (C=O) groups is 2. The number of likely N-dealkylation sites (tertiary alicyclic amines) is 1. The molecule has 3 rings (SSSR count). The van der Waals surface area contributed by atoms with Crippen molar-refractivity contribution in [1.29, 1.82) is 0 Å². The molecule has 114 valence electrons. The fourth-order valence-corrected chi connectivity index (χ4v) is 3.03. The average Bonchev–Trinajstić information content (AvgIpc) is 2.88.